The van der Waals surface area contributed by atoms with Crippen molar-refractivity contribution >= 4 is 23.3 Å². The summed E-state index contributed by atoms with van der Waals surface area (Å²) in [6.07, 6.45) is -0.761. The van der Waals surface area contributed by atoms with Crippen LogP contribution >= 0.6 is 0 Å². The zero-order valence-electron chi connectivity index (χ0n) is 10.8. The Morgan fingerprint density at radius 1 is 1.35 bits per heavy atom. The number of carbonyl (C=O) groups is 2. The molecule has 0 aliphatic rings. The van der Waals surface area contributed by atoms with Gasteiger partial charge in [0.05, 0.1) is 17.6 Å². The highest BCUT2D eigenvalue weighted by atomic mass is 16.6. The molecule has 8 heteroatoms. The highest BCUT2D eigenvalue weighted by Gasteiger charge is 2.17. The SMILES string of the molecule is CCOc1ccc(NC(=O)CCC(=O)[O-])c([N+](=O)[O-])c1. The molecule has 0 saturated heterocycles. The summed E-state index contributed by atoms with van der Waals surface area (Å²) in [5.41, 5.74) is -0.334. The van der Waals surface area contributed by atoms with Crippen LogP contribution in [0, 0.1) is 10.1 Å². The number of anilines is 1. The number of nitro benzene ring substituents is 1. The van der Waals surface area contributed by atoms with Gasteiger partial charge in [-0.15, -0.1) is 0 Å². The fraction of sp³-hybridized carbons (Fsp3) is 0.333. The van der Waals surface area contributed by atoms with Crippen molar-refractivity contribution in [2.75, 3.05) is 11.9 Å². The molecule has 0 radical (unpaired) electrons. The largest absolute Gasteiger partial charge is 0.550 e. The number of amides is 1. The first-order chi connectivity index (χ1) is 9.43. The first-order valence-electron chi connectivity index (χ1n) is 5.85. The zero-order valence-corrected chi connectivity index (χ0v) is 10.8. The molecule has 1 rings (SSSR count). The van der Waals surface area contributed by atoms with Gasteiger partial charge in [-0.05, 0) is 25.5 Å². The molecule has 1 N–H and O–H groups in total. The van der Waals surface area contributed by atoms with Gasteiger partial charge in [0.2, 0.25) is 5.91 Å². The second kappa shape index (κ2) is 7.07. The van der Waals surface area contributed by atoms with Crippen molar-refractivity contribution in [3.05, 3.63) is 28.3 Å². The van der Waals surface area contributed by atoms with Crippen LogP contribution in [0.4, 0.5) is 11.4 Å². The molecule has 8 nitrogen and oxygen atoms in total. The predicted molar refractivity (Wildman–Crippen MR) is 67.1 cm³/mol. The van der Waals surface area contributed by atoms with Gasteiger partial charge in [-0.25, -0.2) is 0 Å². The van der Waals surface area contributed by atoms with Crippen LogP contribution in [0.3, 0.4) is 0 Å². The molecule has 20 heavy (non-hydrogen) atoms. The Balaban J connectivity index is 2.85. The highest BCUT2D eigenvalue weighted by molar-refractivity contribution is 5.94. The maximum Gasteiger partial charge on any atom is 0.296 e. The summed E-state index contributed by atoms with van der Waals surface area (Å²) in [6, 6.07) is 4.00. The number of nitrogens with zero attached hydrogens (tertiary/aromatic N) is 1. The lowest BCUT2D eigenvalue weighted by Gasteiger charge is -2.08. The number of aliphatic carboxylic acids is 1. The molecule has 1 aromatic rings. The molecule has 0 saturated carbocycles. The van der Waals surface area contributed by atoms with E-state index in [0.29, 0.717) is 12.4 Å². The van der Waals surface area contributed by atoms with E-state index in [0.717, 1.165) is 0 Å². The average molecular weight is 281 g/mol. The monoisotopic (exact) mass is 281 g/mol. The van der Waals surface area contributed by atoms with E-state index < -0.39 is 23.2 Å². The average Bonchev–Trinajstić information content (AvgIpc) is 2.38. The molecule has 1 aromatic carbocycles. The fourth-order valence-electron chi connectivity index (χ4n) is 1.45. The van der Waals surface area contributed by atoms with E-state index in [4.69, 9.17) is 4.74 Å². The lowest BCUT2D eigenvalue weighted by Crippen LogP contribution is -2.24. The Labute approximate surface area is 114 Å². The molecular weight excluding hydrogens is 268 g/mol. The number of hydrogen-bond acceptors (Lipinski definition) is 6. The minimum Gasteiger partial charge on any atom is -0.550 e. The van der Waals surface area contributed by atoms with Crippen LogP contribution in [0.1, 0.15) is 19.8 Å². The minimum atomic E-state index is -1.36. The third-order valence-electron chi connectivity index (χ3n) is 2.31. The number of hydrogen-bond donors (Lipinski definition) is 1. The highest BCUT2D eigenvalue weighted by Crippen LogP contribution is 2.29. The zero-order chi connectivity index (χ0) is 15.1. The molecule has 108 valence electrons. The number of nitro groups is 1. The van der Waals surface area contributed by atoms with Gasteiger partial charge in [0, 0.05) is 12.4 Å². The van der Waals surface area contributed by atoms with Gasteiger partial charge in [0.15, 0.2) is 0 Å². The molecular formula is C12H13N2O6-. The van der Waals surface area contributed by atoms with E-state index in [-0.39, 0.29) is 17.8 Å². The normalized spacial score (nSPS) is 9.85. The molecule has 0 unspecified atom stereocenters. The smallest absolute Gasteiger partial charge is 0.296 e. The standard InChI is InChI=1S/C12H14N2O6/c1-2-20-8-3-4-9(10(7-8)14(18)19)13-11(15)5-6-12(16)17/h3-4,7H,2,5-6H2,1H3,(H,13,15)(H,16,17)/p-1. The molecule has 0 heterocycles. The second-order valence-electron chi connectivity index (χ2n) is 3.79. The summed E-state index contributed by atoms with van der Waals surface area (Å²) in [5.74, 6) is -1.69. The number of nitrogens with one attached hydrogen (secondary N) is 1. The van der Waals surface area contributed by atoms with Gasteiger partial charge in [-0.2, -0.15) is 0 Å². The van der Waals surface area contributed by atoms with Crippen LogP contribution in [0.2, 0.25) is 0 Å². The molecule has 0 aliphatic carbocycles. The number of rotatable bonds is 7. The summed E-state index contributed by atoms with van der Waals surface area (Å²) in [4.78, 5) is 31.9. The van der Waals surface area contributed by atoms with E-state index in [2.05, 4.69) is 5.32 Å². The van der Waals surface area contributed by atoms with Gasteiger partial charge in [0.1, 0.15) is 11.4 Å². The number of ether oxygens (including phenoxy) is 1. The van der Waals surface area contributed by atoms with Crippen molar-refractivity contribution in [3.8, 4) is 5.75 Å². The van der Waals surface area contributed by atoms with Gasteiger partial charge in [-0.1, -0.05) is 0 Å². The first kappa shape index (κ1) is 15.4. The Bertz CT molecular complexity index is 529. The van der Waals surface area contributed by atoms with E-state index in [1.54, 1.807) is 6.92 Å². The number of carboxylic acids is 1. The van der Waals surface area contributed by atoms with Gasteiger partial charge < -0.3 is 20.0 Å². The maximum absolute atomic E-state index is 11.4. The molecule has 1 amide bonds. The van der Waals surface area contributed by atoms with Gasteiger partial charge >= 0.3 is 0 Å². The Morgan fingerprint density at radius 3 is 2.60 bits per heavy atom. The van der Waals surface area contributed by atoms with Crippen molar-refractivity contribution in [1.82, 2.24) is 0 Å². The predicted octanol–water partition coefficient (Wildman–Crippen LogP) is 0.462. The van der Waals surface area contributed by atoms with Crippen molar-refractivity contribution < 1.29 is 24.4 Å². The van der Waals surface area contributed by atoms with Crippen LogP contribution in [0.5, 0.6) is 5.75 Å². The van der Waals surface area contributed by atoms with Crippen LogP contribution in [-0.2, 0) is 9.59 Å². The summed E-state index contributed by atoms with van der Waals surface area (Å²) >= 11 is 0. The summed E-state index contributed by atoms with van der Waals surface area (Å²) in [6.45, 7) is 2.09. The van der Waals surface area contributed by atoms with Gasteiger partial charge in [-0.3, -0.25) is 14.9 Å². The van der Waals surface area contributed by atoms with Crippen LogP contribution in [0.15, 0.2) is 18.2 Å². The minimum absolute atomic E-state index is 0.0122. The summed E-state index contributed by atoms with van der Waals surface area (Å²) in [5, 5.41) is 23.4. The van der Waals surface area contributed by atoms with Crippen LogP contribution < -0.4 is 15.2 Å². The van der Waals surface area contributed by atoms with Crippen molar-refractivity contribution in [2.45, 2.75) is 19.8 Å². The maximum atomic E-state index is 11.4. The molecule has 0 aliphatic heterocycles. The lowest BCUT2D eigenvalue weighted by molar-refractivity contribution is -0.384. The van der Waals surface area contributed by atoms with Crippen molar-refractivity contribution in [3.63, 3.8) is 0 Å². The summed E-state index contributed by atoms with van der Waals surface area (Å²) < 4.78 is 5.13. The third-order valence-corrected chi connectivity index (χ3v) is 2.31. The number of benzene rings is 1. The van der Waals surface area contributed by atoms with Crippen LogP contribution in [0.25, 0.3) is 0 Å². The molecule has 0 atom stereocenters. The van der Waals surface area contributed by atoms with E-state index in [9.17, 15) is 24.8 Å². The van der Waals surface area contributed by atoms with Gasteiger partial charge in [0.25, 0.3) is 5.69 Å². The molecule has 0 fully saturated rings. The van der Waals surface area contributed by atoms with E-state index in [1.165, 1.54) is 18.2 Å². The Kier molecular flexibility index (Phi) is 5.45. The first-order valence-corrected chi connectivity index (χ1v) is 5.85. The van der Waals surface area contributed by atoms with Crippen LogP contribution in [-0.4, -0.2) is 23.4 Å². The topological polar surface area (TPSA) is 122 Å². The summed E-state index contributed by atoms with van der Waals surface area (Å²) in [7, 11) is 0. The number of carbonyl (C=O) groups excluding carboxylic acids is 2. The molecule has 0 spiro atoms. The molecule has 0 bridgehead atoms. The van der Waals surface area contributed by atoms with Crippen molar-refractivity contribution in [2.24, 2.45) is 0 Å². The third kappa shape index (κ3) is 4.56. The van der Waals surface area contributed by atoms with Crippen molar-refractivity contribution in [1.29, 1.82) is 0 Å². The quantitative estimate of drug-likeness (QED) is 0.572. The molecule has 0 aromatic heterocycles. The second-order valence-corrected chi connectivity index (χ2v) is 3.79. The Morgan fingerprint density at radius 2 is 2.05 bits per heavy atom. The Hall–Kier alpha value is -2.64. The van der Waals surface area contributed by atoms with E-state index >= 15 is 0 Å². The van der Waals surface area contributed by atoms with E-state index in [1.807, 2.05) is 0 Å². The lowest BCUT2D eigenvalue weighted by atomic mass is 10.2. The number of carboxylic acid groups (broad SMARTS) is 1. The fourth-order valence-corrected chi connectivity index (χ4v) is 1.45.